The number of hydrogen-bond acceptors (Lipinski definition) is 2. The van der Waals surface area contributed by atoms with E-state index < -0.39 is 0 Å². The number of hydrogen-bond donors (Lipinski definition) is 1. The molecule has 2 atom stereocenters. The minimum absolute atomic E-state index is 0.345. The molecule has 0 bridgehead atoms. The first-order chi connectivity index (χ1) is 8.63. The molecule has 0 saturated heterocycles. The van der Waals surface area contributed by atoms with Crippen molar-refractivity contribution in [3.63, 3.8) is 0 Å². The Kier molecular flexibility index (Phi) is 4.41. The van der Waals surface area contributed by atoms with Crippen molar-refractivity contribution < 1.29 is 4.74 Å². The Morgan fingerprint density at radius 3 is 2.67 bits per heavy atom. The van der Waals surface area contributed by atoms with E-state index in [0.717, 1.165) is 19.6 Å². The normalized spacial score (nSPS) is 26.4. The standard InChI is InChI=1S/C16H25NO/c1-4-17-15-14(10-11-16(15,2)3)18-12-13-8-6-5-7-9-13/h5-9,14-15,17H,4,10-12H2,1-3H3. The van der Waals surface area contributed by atoms with Crippen molar-refractivity contribution in [1.82, 2.24) is 5.32 Å². The molecule has 1 aliphatic carbocycles. The zero-order valence-corrected chi connectivity index (χ0v) is 11.8. The maximum Gasteiger partial charge on any atom is 0.0738 e. The van der Waals surface area contributed by atoms with Crippen LogP contribution in [0.3, 0.4) is 0 Å². The molecule has 1 aromatic carbocycles. The summed E-state index contributed by atoms with van der Waals surface area (Å²) in [4.78, 5) is 0. The fourth-order valence-electron chi connectivity index (χ4n) is 2.92. The zero-order valence-electron chi connectivity index (χ0n) is 11.8. The van der Waals surface area contributed by atoms with E-state index in [4.69, 9.17) is 4.74 Å². The molecule has 2 rings (SSSR count). The van der Waals surface area contributed by atoms with Crippen molar-refractivity contribution in [2.75, 3.05) is 6.54 Å². The minimum Gasteiger partial charge on any atom is -0.372 e. The van der Waals surface area contributed by atoms with E-state index >= 15 is 0 Å². The Morgan fingerprint density at radius 1 is 1.28 bits per heavy atom. The molecule has 0 spiro atoms. The summed E-state index contributed by atoms with van der Waals surface area (Å²) in [5.74, 6) is 0. The molecule has 0 radical (unpaired) electrons. The average Bonchev–Trinajstić information content (AvgIpc) is 2.65. The first kappa shape index (κ1) is 13.6. The third kappa shape index (κ3) is 3.12. The van der Waals surface area contributed by atoms with Gasteiger partial charge in [0.15, 0.2) is 0 Å². The van der Waals surface area contributed by atoms with Crippen molar-refractivity contribution in [1.29, 1.82) is 0 Å². The summed E-state index contributed by atoms with van der Waals surface area (Å²) in [5.41, 5.74) is 1.61. The maximum atomic E-state index is 6.13. The third-order valence-electron chi connectivity index (χ3n) is 4.02. The highest BCUT2D eigenvalue weighted by molar-refractivity contribution is 5.13. The van der Waals surface area contributed by atoms with Gasteiger partial charge < -0.3 is 10.1 Å². The quantitative estimate of drug-likeness (QED) is 0.861. The van der Waals surface area contributed by atoms with E-state index in [9.17, 15) is 0 Å². The molecule has 1 fully saturated rings. The van der Waals surface area contributed by atoms with E-state index in [1.165, 1.54) is 12.0 Å². The van der Waals surface area contributed by atoms with E-state index in [1.807, 2.05) is 6.07 Å². The smallest absolute Gasteiger partial charge is 0.0738 e. The molecule has 1 N–H and O–H groups in total. The molecule has 100 valence electrons. The second-order valence-corrected chi connectivity index (χ2v) is 5.90. The molecular formula is C16H25NO. The predicted molar refractivity (Wildman–Crippen MR) is 75.5 cm³/mol. The number of benzene rings is 1. The van der Waals surface area contributed by atoms with Crippen molar-refractivity contribution in [2.24, 2.45) is 5.41 Å². The minimum atomic E-state index is 0.345. The number of ether oxygens (including phenoxy) is 1. The topological polar surface area (TPSA) is 21.3 Å². The SMILES string of the molecule is CCNC1C(OCc2ccccc2)CCC1(C)C. The molecule has 1 aliphatic rings. The van der Waals surface area contributed by atoms with Gasteiger partial charge in [0.05, 0.1) is 12.7 Å². The summed E-state index contributed by atoms with van der Waals surface area (Å²) in [6, 6.07) is 10.9. The molecule has 2 nitrogen and oxygen atoms in total. The highest BCUT2D eigenvalue weighted by Crippen LogP contribution is 2.39. The molecular weight excluding hydrogens is 222 g/mol. The van der Waals surface area contributed by atoms with Gasteiger partial charge in [-0.25, -0.2) is 0 Å². The Labute approximate surface area is 111 Å². The van der Waals surface area contributed by atoms with E-state index in [0.29, 0.717) is 17.6 Å². The number of rotatable bonds is 5. The molecule has 18 heavy (non-hydrogen) atoms. The van der Waals surface area contributed by atoms with E-state index in [2.05, 4.69) is 50.4 Å². The first-order valence-corrected chi connectivity index (χ1v) is 7.02. The monoisotopic (exact) mass is 247 g/mol. The fourth-order valence-corrected chi connectivity index (χ4v) is 2.92. The van der Waals surface area contributed by atoms with Crippen LogP contribution in [0.15, 0.2) is 30.3 Å². The van der Waals surface area contributed by atoms with Crippen molar-refractivity contribution in [3.05, 3.63) is 35.9 Å². The van der Waals surface area contributed by atoms with Crippen LogP contribution in [0.1, 0.15) is 39.2 Å². The van der Waals surface area contributed by atoms with Crippen molar-refractivity contribution >= 4 is 0 Å². The van der Waals surface area contributed by atoms with Crippen molar-refractivity contribution in [3.8, 4) is 0 Å². The highest BCUT2D eigenvalue weighted by atomic mass is 16.5. The first-order valence-electron chi connectivity index (χ1n) is 7.02. The van der Waals surface area contributed by atoms with Gasteiger partial charge in [-0.3, -0.25) is 0 Å². The Balaban J connectivity index is 1.93. The molecule has 1 aromatic rings. The van der Waals surface area contributed by atoms with Gasteiger partial charge >= 0.3 is 0 Å². The van der Waals surface area contributed by atoms with Gasteiger partial charge in [0.2, 0.25) is 0 Å². The summed E-state index contributed by atoms with van der Waals surface area (Å²) >= 11 is 0. The molecule has 2 unspecified atom stereocenters. The summed E-state index contributed by atoms with van der Waals surface area (Å²) in [6.07, 6.45) is 2.75. The molecule has 0 heterocycles. The van der Waals surface area contributed by atoms with Gasteiger partial charge in [-0.15, -0.1) is 0 Å². The Hall–Kier alpha value is -0.860. The largest absolute Gasteiger partial charge is 0.372 e. The van der Waals surface area contributed by atoms with Gasteiger partial charge in [0.1, 0.15) is 0 Å². The summed E-state index contributed by atoms with van der Waals surface area (Å²) < 4.78 is 6.13. The molecule has 1 saturated carbocycles. The van der Waals surface area contributed by atoms with Crippen LogP contribution in [0.4, 0.5) is 0 Å². The van der Waals surface area contributed by atoms with E-state index in [1.54, 1.807) is 0 Å². The average molecular weight is 247 g/mol. The second-order valence-electron chi connectivity index (χ2n) is 5.90. The zero-order chi connectivity index (χ0) is 13.0. The second kappa shape index (κ2) is 5.85. The molecule has 0 aliphatic heterocycles. The Bertz CT molecular complexity index is 361. The highest BCUT2D eigenvalue weighted by Gasteiger charge is 2.41. The van der Waals surface area contributed by atoms with Crippen molar-refractivity contribution in [2.45, 2.75) is 52.4 Å². The summed E-state index contributed by atoms with van der Waals surface area (Å²) in [7, 11) is 0. The summed E-state index contributed by atoms with van der Waals surface area (Å²) in [5, 5.41) is 3.60. The van der Waals surface area contributed by atoms with Crippen LogP contribution in [0.25, 0.3) is 0 Å². The maximum absolute atomic E-state index is 6.13. The van der Waals surface area contributed by atoms with Crippen LogP contribution < -0.4 is 5.32 Å². The third-order valence-corrected chi connectivity index (χ3v) is 4.02. The lowest BCUT2D eigenvalue weighted by Gasteiger charge is -2.31. The van der Waals surface area contributed by atoms with Gasteiger partial charge in [-0.05, 0) is 30.4 Å². The van der Waals surface area contributed by atoms with E-state index in [-0.39, 0.29) is 0 Å². The van der Waals surface area contributed by atoms with Crippen LogP contribution in [0.2, 0.25) is 0 Å². The van der Waals surface area contributed by atoms with Gasteiger partial charge in [0, 0.05) is 6.04 Å². The lowest BCUT2D eigenvalue weighted by molar-refractivity contribution is 0.0160. The van der Waals surface area contributed by atoms with Crippen LogP contribution in [0.5, 0.6) is 0 Å². The van der Waals surface area contributed by atoms with Gasteiger partial charge in [0.25, 0.3) is 0 Å². The molecule has 2 heteroatoms. The lowest BCUT2D eigenvalue weighted by atomic mass is 9.87. The van der Waals surface area contributed by atoms with Crippen LogP contribution in [-0.2, 0) is 11.3 Å². The predicted octanol–water partition coefficient (Wildman–Crippen LogP) is 3.37. The number of nitrogens with one attached hydrogen (secondary N) is 1. The molecule has 0 amide bonds. The molecule has 0 aromatic heterocycles. The summed E-state index contributed by atoms with van der Waals surface area (Å²) in [6.45, 7) is 8.59. The van der Waals surface area contributed by atoms with Crippen LogP contribution in [0, 0.1) is 5.41 Å². The van der Waals surface area contributed by atoms with Gasteiger partial charge in [-0.1, -0.05) is 51.1 Å². The lowest BCUT2D eigenvalue weighted by Crippen LogP contribution is -2.45. The van der Waals surface area contributed by atoms with Crippen LogP contribution in [-0.4, -0.2) is 18.7 Å². The van der Waals surface area contributed by atoms with Crippen LogP contribution >= 0.6 is 0 Å². The van der Waals surface area contributed by atoms with Gasteiger partial charge in [-0.2, -0.15) is 0 Å². The Morgan fingerprint density at radius 2 is 2.00 bits per heavy atom. The number of likely N-dealkylation sites (N-methyl/N-ethyl adjacent to an activating group) is 1. The fraction of sp³-hybridized carbons (Fsp3) is 0.625.